The number of benzene rings is 2. The number of para-hydroxylation sites is 1. The van der Waals surface area contributed by atoms with Crippen LogP contribution in [0.25, 0.3) is 22.0 Å². The van der Waals surface area contributed by atoms with Crippen LogP contribution < -0.4 is 25.0 Å². The van der Waals surface area contributed by atoms with Crippen molar-refractivity contribution >= 4 is 22.6 Å². The minimum absolute atomic E-state index is 0.126. The van der Waals surface area contributed by atoms with Gasteiger partial charge in [-0.3, -0.25) is 9.59 Å². The zero-order chi connectivity index (χ0) is 22.8. The van der Waals surface area contributed by atoms with Gasteiger partial charge in [0, 0.05) is 12.4 Å². The summed E-state index contributed by atoms with van der Waals surface area (Å²) < 4.78 is 23.3. The molecule has 0 aliphatic carbocycles. The number of hydrogen-bond donors (Lipinski definition) is 1. The van der Waals surface area contributed by atoms with E-state index in [0.29, 0.717) is 39.5 Å². The minimum atomic E-state index is -0.478. The highest BCUT2D eigenvalue weighted by Gasteiger charge is 2.23. The number of rotatable bonds is 6. The molecule has 0 atom stereocenters. The van der Waals surface area contributed by atoms with Crippen molar-refractivity contribution in [2.75, 3.05) is 26.6 Å². The van der Waals surface area contributed by atoms with Gasteiger partial charge in [-0.05, 0) is 42.0 Å². The van der Waals surface area contributed by atoms with Crippen LogP contribution in [-0.4, -0.2) is 31.8 Å². The van der Waals surface area contributed by atoms with Gasteiger partial charge in [0.05, 0.1) is 38.7 Å². The quantitative estimate of drug-likeness (QED) is 0.492. The molecule has 8 nitrogen and oxygen atoms in total. The second-order valence-corrected chi connectivity index (χ2v) is 6.97. The molecule has 2 aromatic carbocycles. The first-order chi connectivity index (χ1) is 15.5. The molecule has 0 spiro atoms. The van der Waals surface area contributed by atoms with Crippen LogP contribution in [0, 0.1) is 0 Å². The van der Waals surface area contributed by atoms with Gasteiger partial charge >= 0.3 is 0 Å². The number of aromatic nitrogens is 1. The molecule has 0 aliphatic rings. The fraction of sp³-hybridized carbons (Fsp3) is 0.167. The topological polar surface area (TPSA) is 91.9 Å². The van der Waals surface area contributed by atoms with E-state index in [4.69, 9.17) is 18.6 Å². The van der Waals surface area contributed by atoms with E-state index in [-0.39, 0.29) is 16.8 Å². The second-order valence-electron chi connectivity index (χ2n) is 6.97. The Balaban J connectivity index is 2.03. The van der Waals surface area contributed by atoms with Gasteiger partial charge in [-0.1, -0.05) is 12.1 Å². The molecule has 164 valence electrons. The van der Waals surface area contributed by atoms with Crippen molar-refractivity contribution in [3.63, 3.8) is 0 Å². The van der Waals surface area contributed by atoms with Gasteiger partial charge in [0.2, 0.25) is 5.75 Å². The fourth-order valence-electron chi connectivity index (χ4n) is 3.70. The molecule has 0 radical (unpaired) electrons. The van der Waals surface area contributed by atoms with Gasteiger partial charge in [-0.25, -0.2) is 0 Å². The zero-order valence-corrected chi connectivity index (χ0v) is 18.1. The number of aryl methyl sites for hydroxylation is 1. The maximum atomic E-state index is 13.6. The summed E-state index contributed by atoms with van der Waals surface area (Å²) in [6.45, 7) is 0. The Morgan fingerprint density at radius 1 is 0.969 bits per heavy atom. The van der Waals surface area contributed by atoms with Gasteiger partial charge in [0.25, 0.3) is 5.91 Å². The van der Waals surface area contributed by atoms with Gasteiger partial charge < -0.3 is 28.5 Å². The third-order valence-corrected chi connectivity index (χ3v) is 5.24. The van der Waals surface area contributed by atoms with Crippen LogP contribution in [-0.2, 0) is 7.05 Å². The molecule has 0 fully saturated rings. The predicted octanol–water partition coefficient (Wildman–Crippen LogP) is 4.08. The van der Waals surface area contributed by atoms with Crippen LogP contribution in [0.4, 0.5) is 5.82 Å². The lowest BCUT2D eigenvalue weighted by Crippen LogP contribution is -2.21. The molecule has 1 amide bonds. The summed E-state index contributed by atoms with van der Waals surface area (Å²) in [5.41, 5.74) is 1.21. The average Bonchev–Trinajstić information content (AvgIpc) is 3.36. The van der Waals surface area contributed by atoms with E-state index in [9.17, 15) is 9.59 Å². The van der Waals surface area contributed by atoms with Crippen molar-refractivity contribution in [2.45, 2.75) is 0 Å². The van der Waals surface area contributed by atoms with Crippen LogP contribution in [0.1, 0.15) is 10.6 Å². The van der Waals surface area contributed by atoms with Crippen molar-refractivity contribution in [3.8, 4) is 28.4 Å². The normalized spacial score (nSPS) is 10.8. The molecule has 32 heavy (non-hydrogen) atoms. The number of methoxy groups -OCH3 is 3. The maximum Gasteiger partial charge on any atom is 0.292 e. The lowest BCUT2D eigenvalue weighted by atomic mass is 10.0. The molecule has 0 saturated heterocycles. The molecule has 0 bridgehead atoms. The van der Waals surface area contributed by atoms with Gasteiger partial charge in [0.15, 0.2) is 22.7 Å². The molecule has 2 heterocycles. The number of fused-ring (bicyclic) bond motifs is 1. The number of ether oxygens (including phenoxy) is 3. The summed E-state index contributed by atoms with van der Waals surface area (Å²) in [4.78, 5) is 26.4. The van der Waals surface area contributed by atoms with Crippen molar-refractivity contribution in [1.82, 2.24) is 4.57 Å². The Kier molecular flexibility index (Phi) is 5.59. The molecule has 2 aromatic heterocycles. The number of nitrogens with one attached hydrogen (secondary N) is 1. The van der Waals surface area contributed by atoms with E-state index in [1.807, 2.05) is 12.1 Å². The summed E-state index contributed by atoms with van der Waals surface area (Å²) in [6, 6.07) is 13.7. The summed E-state index contributed by atoms with van der Waals surface area (Å²) >= 11 is 0. The first-order valence-electron chi connectivity index (χ1n) is 9.77. The summed E-state index contributed by atoms with van der Waals surface area (Å²) in [5.74, 6) is 1.14. The van der Waals surface area contributed by atoms with Gasteiger partial charge in [-0.15, -0.1) is 0 Å². The van der Waals surface area contributed by atoms with Crippen LogP contribution in [0.5, 0.6) is 17.2 Å². The lowest BCUT2D eigenvalue weighted by molar-refractivity contribution is 0.0996. The number of furan rings is 1. The van der Waals surface area contributed by atoms with E-state index < -0.39 is 5.91 Å². The van der Waals surface area contributed by atoms with Crippen molar-refractivity contribution in [1.29, 1.82) is 0 Å². The molecule has 0 aliphatic heterocycles. The van der Waals surface area contributed by atoms with Crippen molar-refractivity contribution in [3.05, 3.63) is 70.8 Å². The second kappa shape index (κ2) is 8.50. The smallest absolute Gasteiger partial charge is 0.292 e. The fourth-order valence-corrected chi connectivity index (χ4v) is 3.70. The Labute approximate surface area is 183 Å². The van der Waals surface area contributed by atoms with Crippen molar-refractivity contribution < 1.29 is 23.4 Å². The first kappa shape index (κ1) is 21.0. The third kappa shape index (κ3) is 3.45. The Bertz CT molecular complexity index is 1330. The zero-order valence-electron chi connectivity index (χ0n) is 18.1. The van der Waals surface area contributed by atoms with E-state index in [1.54, 1.807) is 48.0 Å². The van der Waals surface area contributed by atoms with Crippen LogP contribution >= 0.6 is 0 Å². The Hall–Kier alpha value is -4.20. The lowest BCUT2D eigenvalue weighted by Gasteiger charge is -2.19. The molecular formula is C24H22N2O6. The monoisotopic (exact) mass is 434 g/mol. The molecule has 0 saturated carbocycles. The number of nitrogens with zero attached hydrogens (tertiary/aromatic N) is 1. The van der Waals surface area contributed by atoms with E-state index in [1.165, 1.54) is 27.6 Å². The summed E-state index contributed by atoms with van der Waals surface area (Å²) in [6.07, 6.45) is 1.41. The van der Waals surface area contributed by atoms with E-state index in [0.717, 1.165) is 0 Å². The molecule has 1 N–H and O–H groups in total. The van der Waals surface area contributed by atoms with E-state index >= 15 is 0 Å². The van der Waals surface area contributed by atoms with Crippen LogP contribution in [0.3, 0.4) is 0 Å². The highest BCUT2D eigenvalue weighted by molar-refractivity contribution is 6.05. The number of carbonyl (C=O) groups is 1. The first-order valence-corrected chi connectivity index (χ1v) is 9.77. The molecule has 4 rings (SSSR count). The van der Waals surface area contributed by atoms with E-state index in [2.05, 4.69) is 5.32 Å². The number of hydrogen-bond acceptors (Lipinski definition) is 6. The van der Waals surface area contributed by atoms with Gasteiger partial charge in [0.1, 0.15) is 5.82 Å². The number of carbonyl (C=O) groups excluding carboxylic acids is 1. The van der Waals surface area contributed by atoms with Gasteiger partial charge in [-0.2, -0.15) is 0 Å². The predicted molar refractivity (Wildman–Crippen MR) is 121 cm³/mol. The molecular weight excluding hydrogens is 412 g/mol. The molecule has 4 aromatic rings. The van der Waals surface area contributed by atoms with Crippen LogP contribution in [0.2, 0.25) is 0 Å². The summed E-state index contributed by atoms with van der Waals surface area (Å²) in [5, 5.41) is 3.34. The van der Waals surface area contributed by atoms with Crippen LogP contribution in [0.15, 0.2) is 64.0 Å². The number of amides is 1. The highest BCUT2D eigenvalue weighted by atomic mass is 16.5. The molecule has 8 heteroatoms. The SMILES string of the molecule is COc1cc(-c2c(NC(=O)c3ccco3)n(C)c3ccccc3c2=O)cc(OC)c1OC. The summed E-state index contributed by atoms with van der Waals surface area (Å²) in [7, 11) is 6.28. The third-order valence-electron chi connectivity index (χ3n) is 5.24. The Morgan fingerprint density at radius 2 is 1.66 bits per heavy atom. The maximum absolute atomic E-state index is 13.6. The largest absolute Gasteiger partial charge is 0.493 e. The number of anilines is 1. The number of pyridine rings is 1. The average molecular weight is 434 g/mol. The minimum Gasteiger partial charge on any atom is -0.493 e. The highest BCUT2D eigenvalue weighted by Crippen LogP contribution is 2.42. The van der Waals surface area contributed by atoms with Crippen molar-refractivity contribution in [2.24, 2.45) is 7.05 Å². The standard InChI is InChI=1S/C24H22N2O6/c1-26-16-9-6-5-8-15(16)21(27)20(23(26)25-24(28)17-10-7-11-32-17)14-12-18(29-2)22(31-4)19(13-14)30-3/h5-13H,1-4H3,(H,25,28). The Morgan fingerprint density at radius 3 is 2.25 bits per heavy atom. The molecule has 0 unspecified atom stereocenters.